The molecule has 0 radical (unpaired) electrons. The number of ether oxygens (including phenoxy) is 1. The molecular weight excluding hydrogens is 334 g/mol. The van der Waals surface area contributed by atoms with E-state index in [0.717, 1.165) is 12.3 Å². The SMILES string of the molecule is Cc1cn([C@H]2CCN(CCOc3ccccc3)C[C@]2(C)O)c(=O)[nH]c1=O. The van der Waals surface area contributed by atoms with E-state index in [1.165, 1.54) is 10.8 Å². The smallest absolute Gasteiger partial charge is 0.328 e. The van der Waals surface area contributed by atoms with Gasteiger partial charge in [0.2, 0.25) is 0 Å². The second-order valence-corrected chi connectivity index (χ2v) is 7.08. The van der Waals surface area contributed by atoms with Gasteiger partial charge in [-0.15, -0.1) is 0 Å². The number of piperidine rings is 1. The number of benzene rings is 1. The van der Waals surface area contributed by atoms with Gasteiger partial charge in [0.25, 0.3) is 5.56 Å². The highest BCUT2D eigenvalue weighted by Crippen LogP contribution is 2.30. The molecule has 2 N–H and O–H groups in total. The second-order valence-electron chi connectivity index (χ2n) is 7.08. The van der Waals surface area contributed by atoms with Gasteiger partial charge in [0.1, 0.15) is 12.4 Å². The summed E-state index contributed by atoms with van der Waals surface area (Å²) >= 11 is 0. The lowest BCUT2D eigenvalue weighted by atomic mass is 9.88. The van der Waals surface area contributed by atoms with Crippen LogP contribution in [0.3, 0.4) is 0 Å². The first-order chi connectivity index (χ1) is 12.4. The summed E-state index contributed by atoms with van der Waals surface area (Å²) in [6.45, 7) is 5.78. The van der Waals surface area contributed by atoms with E-state index in [4.69, 9.17) is 4.74 Å². The quantitative estimate of drug-likeness (QED) is 0.829. The number of aromatic nitrogens is 2. The molecule has 3 rings (SSSR count). The van der Waals surface area contributed by atoms with Crippen molar-refractivity contribution in [3.8, 4) is 5.75 Å². The average molecular weight is 359 g/mol. The first-order valence-electron chi connectivity index (χ1n) is 8.81. The highest BCUT2D eigenvalue weighted by atomic mass is 16.5. The van der Waals surface area contributed by atoms with Crippen LogP contribution in [0.25, 0.3) is 0 Å². The Morgan fingerprint density at radius 2 is 2.04 bits per heavy atom. The van der Waals surface area contributed by atoms with Crippen molar-refractivity contribution in [3.05, 3.63) is 62.9 Å². The third-order valence-electron chi connectivity index (χ3n) is 4.88. The van der Waals surface area contributed by atoms with E-state index >= 15 is 0 Å². The fraction of sp³-hybridized carbons (Fsp3) is 0.474. The monoisotopic (exact) mass is 359 g/mol. The van der Waals surface area contributed by atoms with Crippen LogP contribution in [0.15, 0.2) is 46.1 Å². The van der Waals surface area contributed by atoms with Gasteiger partial charge in [0, 0.05) is 31.4 Å². The van der Waals surface area contributed by atoms with Gasteiger partial charge in [-0.25, -0.2) is 4.79 Å². The first kappa shape index (κ1) is 18.4. The lowest BCUT2D eigenvalue weighted by molar-refractivity contribution is -0.0599. The Hall–Kier alpha value is -2.38. The Bertz CT molecular complexity index is 857. The topological polar surface area (TPSA) is 87.6 Å². The molecular formula is C19H25N3O4. The Kier molecular flexibility index (Phi) is 5.29. The number of nitrogens with one attached hydrogen (secondary N) is 1. The van der Waals surface area contributed by atoms with E-state index in [2.05, 4.69) is 9.88 Å². The van der Waals surface area contributed by atoms with Gasteiger partial charge in [0.15, 0.2) is 0 Å². The lowest BCUT2D eigenvalue weighted by Gasteiger charge is -2.43. The molecule has 1 aliphatic rings. The van der Waals surface area contributed by atoms with Crippen molar-refractivity contribution in [3.63, 3.8) is 0 Å². The molecule has 0 unspecified atom stereocenters. The summed E-state index contributed by atoms with van der Waals surface area (Å²) in [5, 5.41) is 10.9. The number of hydrogen-bond donors (Lipinski definition) is 2. The predicted molar refractivity (Wildman–Crippen MR) is 98.7 cm³/mol. The van der Waals surface area contributed by atoms with Crippen LogP contribution in [0.2, 0.25) is 0 Å². The Morgan fingerprint density at radius 3 is 2.73 bits per heavy atom. The molecule has 7 heteroatoms. The highest BCUT2D eigenvalue weighted by molar-refractivity contribution is 5.20. The number of β-amino-alcohol motifs (C(OH)–C–C–N with tert-alkyl or cyclic N) is 1. The summed E-state index contributed by atoms with van der Waals surface area (Å²) in [4.78, 5) is 28.2. The van der Waals surface area contributed by atoms with Gasteiger partial charge in [-0.1, -0.05) is 18.2 Å². The van der Waals surface area contributed by atoms with E-state index in [9.17, 15) is 14.7 Å². The van der Waals surface area contributed by atoms with Crippen molar-refractivity contribution >= 4 is 0 Å². The van der Waals surface area contributed by atoms with Crippen LogP contribution in [0.5, 0.6) is 5.75 Å². The largest absolute Gasteiger partial charge is 0.492 e. The first-order valence-corrected chi connectivity index (χ1v) is 8.81. The number of aliphatic hydroxyl groups is 1. The molecule has 1 aromatic carbocycles. The minimum absolute atomic E-state index is 0.378. The molecule has 0 spiro atoms. The van der Waals surface area contributed by atoms with Crippen LogP contribution < -0.4 is 16.0 Å². The van der Waals surface area contributed by atoms with Crippen LogP contribution in [-0.2, 0) is 0 Å². The van der Waals surface area contributed by atoms with Gasteiger partial charge in [-0.2, -0.15) is 0 Å². The van der Waals surface area contributed by atoms with Crippen molar-refractivity contribution in [2.75, 3.05) is 26.2 Å². The van der Waals surface area contributed by atoms with E-state index in [1.54, 1.807) is 13.8 Å². The third kappa shape index (κ3) is 4.05. The molecule has 2 aromatic rings. The second kappa shape index (κ2) is 7.47. The summed E-state index contributed by atoms with van der Waals surface area (Å²) in [7, 11) is 0. The van der Waals surface area contributed by atoms with Crippen LogP contribution in [0, 0.1) is 6.92 Å². The maximum absolute atomic E-state index is 12.2. The predicted octanol–water partition coefficient (Wildman–Crippen LogP) is 0.922. The number of aromatic amines is 1. The lowest BCUT2D eigenvalue weighted by Crippen LogP contribution is -2.55. The number of hydrogen-bond acceptors (Lipinski definition) is 5. The minimum Gasteiger partial charge on any atom is -0.492 e. The molecule has 1 saturated heterocycles. The van der Waals surface area contributed by atoms with Crippen molar-refractivity contribution in [1.29, 1.82) is 0 Å². The number of nitrogens with zero attached hydrogens (tertiary/aromatic N) is 2. The van der Waals surface area contributed by atoms with Crippen molar-refractivity contribution in [1.82, 2.24) is 14.5 Å². The maximum Gasteiger partial charge on any atom is 0.328 e. The van der Waals surface area contributed by atoms with Crippen molar-refractivity contribution < 1.29 is 9.84 Å². The summed E-state index contributed by atoms with van der Waals surface area (Å²) < 4.78 is 7.17. The number of para-hydroxylation sites is 1. The van der Waals surface area contributed by atoms with Crippen LogP contribution in [0.4, 0.5) is 0 Å². The molecule has 1 fully saturated rings. The summed E-state index contributed by atoms with van der Waals surface area (Å²) in [5.41, 5.74) is -1.49. The highest BCUT2D eigenvalue weighted by Gasteiger charge is 2.39. The van der Waals surface area contributed by atoms with E-state index in [-0.39, 0.29) is 11.6 Å². The molecule has 1 aromatic heterocycles. The standard InChI is InChI=1S/C19H25N3O4/c1-14-12-22(18(24)20-17(14)23)16-8-9-21(13-19(16,2)25)10-11-26-15-6-4-3-5-7-15/h3-7,12,16,25H,8-11,13H2,1-2H3,(H,20,23,24)/t16-,19-/m0/s1. The van der Waals surface area contributed by atoms with E-state index in [1.807, 2.05) is 30.3 Å². The number of H-pyrrole nitrogens is 1. The zero-order chi connectivity index (χ0) is 18.7. The fourth-order valence-electron chi connectivity index (χ4n) is 3.51. The molecule has 26 heavy (non-hydrogen) atoms. The molecule has 2 atom stereocenters. The number of aryl methyl sites for hydroxylation is 1. The average Bonchev–Trinajstić information content (AvgIpc) is 2.59. The van der Waals surface area contributed by atoms with Gasteiger partial charge < -0.3 is 9.84 Å². The summed E-state index contributed by atoms with van der Waals surface area (Å²) in [6, 6.07) is 9.23. The third-order valence-corrected chi connectivity index (χ3v) is 4.88. The molecule has 2 heterocycles. The Balaban J connectivity index is 1.63. The van der Waals surface area contributed by atoms with E-state index < -0.39 is 11.3 Å². The maximum atomic E-state index is 12.2. The van der Waals surface area contributed by atoms with Crippen LogP contribution in [-0.4, -0.2) is 51.4 Å². The molecule has 7 nitrogen and oxygen atoms in total. The molecule has 0 bridgehead atoms. The van der Waals surface area contributed by atoms with Crippen molar-refractivity contribution in [2.45, 2.75) is 31.9 Å². The summed E-state index contributed by atoms with van der Waals surface area (Å²) in [5.74, 6) is 0.824. The molecule has 1 aliphatic heterocycles. The zero-order valence-electron chi connectivity index (χ0n) is 15.1. The fourth-order valence-corrected chi connectivity index (χ4v) is 3.51. The van der Waals surface area contributed by atoms with E-state index in [0.29, 0.717) is 31.7 Å². The molecule has 140 valence electrons. The Labute approximate surface area is 151 Å². The zero-order valence-corrected chi connectivity index (χ0v) is 15.1. The Morgan fingerprint density at radius 1 is 1.31 bits per heavy atom. The van der Waals surface area contributed by atoms with Gasteiger partial charge in [-0.05, 0) is 32.4 Å². The van der Waals surface area contributed by atoms with Crippen LogP contribution >= 0.6 is 0 Å². The van der Waals surface area contributed by atoms with Gasteiger partial charge >= 0.3 is 5.69 Å². The minimum atomic E-state index is -1.08. The molecule has 0 aliphatic carbocycles. The molecule has 0 amide bonds. The number of likely N-dealkylation sites (tertiary alicyclic amines) is 1. The van der Waals surface area contributed by atoms with Crippen LogP contribution in [0.1, 0.15) is 24.9 Å². The summed E-state index contributed by atoms with van der Waals surface area (Å²) in [6.07, 6.45) is 2.15. The van der Waals surface area contributed by atoms with Crippen molar-refractivity contribution in [2.24, 2.45) is 0 Å². The molecule has 0 saturated carbocycles. The van der Waals surface area contributed by atoms with Gasteiger partial charge in [-0.3, -0.25) is 19.2 Å². The normalized spacial score (nSPS) is 23.7. The number of rotatable bonds is 5. The van der Waals surface area contributed by atoms with Gasteiger partial charge in [0.05, 0.1) is 11.6 Å².